The number of hydrogen-bond donors (Lipinski definition) is 1. The van der Waals surface area contributed by atoms with Crippen LogP contribution in [0.15, 0.2) is 17.5 Å². The number of amides is 1. The maximum Gasteiger partial charge on any atom is 0.241 e. The minimum atomic E-state index is -0.169. The first-order valence-corrected chi connectivity index (χ1v) is 6.74. The fraction of sp³-hybridized carbons (Fsp3) is 0.583. The molecule has 0 saturated carbocycles. The minimum Gasteiger partial charge on any atom is -0.378 e. The minimum absolute atomic E-state index is 0.126. The smallest absolute Gasteiger partial charge is 0.241 e. The van der Waals surface area contributed by atoms with Gasteiger partial charge in [-0.15, -0.1) is 11.3 Å². The summed E-state index contributed by atoms with van der Waals surface area (Å²) in [6, 6.07) is 3.97. The zero-order chi connectivity index (χ0) is 12.1. The van der Waals surface area contributed by atoms with E-state index in [2.05, 4.69) is 16.8 Å². The molecule has 1 aliphatic heterocycles. The third kappa shape index (κ3) is 3.52. The molecule has 1 N–H and O–H groups in total. The Kier molecular flexibility index (Phi) is 4.53. The molecule has 0 aliphatic carbocycles. The molecule has 1 aromatic heterocycles. The highest BCUT2D eigenvalue weighted by atomic mass is 32.1. The molecule has 1 atom stereocenters. The zero-order valence-corrected chi connectivity index (χ0v) is 10.8. The van der Waals surface area contributed by atoms with Gasteiger partial charge in [0.05, 0.1) is 13.2 Å². The Bertz CT molecular complexity index is 347. The Morgan fingerprint density at radius 3 is 3.24 bits per heavy atom. The van der Waals surface area contributed by atoms with E-state index >= 15 is 0 Å². The molecule has 1 unspecified atom stereocenters. The number of ether oxygens (including phenoxy) is 1. The Hall–Kier alpha value is -0.910. The summed E-state index contributed by atoms with van der Waals surface area (Å²) in [5.41, 5.74) is 0. The zero-order valence-electron chi connectivity index (χ0n) is 10.0. The standard InChI is InChI=1S/C12H18N2O2S/c1-14(6-4-10-3-2-8-17-10)12(15)11-9-16-7-5-13-11/h2-3,8,11,13H,4-7,9H2,1H3. The lowest BCUT2D eigenvalue weighted by Crippen LogP contribution is -2.51. The van der Waals surface area contributed by atoms with E-state index < -0.39 is 0 Å². The van der Waals surface area contributed by atoms with Crippen LogP contribution in [0.5, 0.6) is 0 Å². The molecule has 2 heterocycles. The number of likely N-dealkylation sites (N-methyl/N-ethyl adjacent to an activating group) is 1. The van der Waals surface area contributed by atoms with Crippen molar-refractivity contribution < 1.29 is 9.53 Å². The van der Waals surface area contributed by atoms with Crippen molar-refractivity contribution in [1.29, 1.82) is 0 Å². The highest BCUT2D eigenvalue weighted by molar-refractivity contribution is 7.09. The van der Waals surface area contributed by atoms with Crippen molar-refractivity contribution in [3.63, 3.8) is 0 Å². The number of nitrogens with one attached hydrogen (secondary N) is 1. The van der Waals surface area contributed by atoms with Gasteiger partial charge in [0.25, 0.3) is 0 Å². The molecule has 4 nitrogen and oxygen atoms in total. The van der Waals surface area contributed by atoms with Crippen LogP contribution < -0.4 is 5.32 Å². The van der Waals surface area contributed by atoms with E-state index in [0.717, 1.165) is 19.5 Å². The summed E-state index contributed by atoms with van der Waals surface area (Å²) in [5, 5.41) is 5.24. The first-order chi connectivity index (χ1) is 8.27. The van der Waals surface area contributed by atoms with Crippen LogP contribution in [0.25, 0.3) is 0 Å². The van der Waals surface area contributed by atoms with Gasteiger partial charge in [-0.1, -0.05) is 6.07 Å². The van der Waals surface area contributed by atoms with E-state index in [1.54, 1.807) is 16.2 Å². The van der Waals surface area contributed by atoms with Crippen molar-refractivity contribution in [3.05, 3.63) is 22.4 Å². The fourth-order valence-electron chi connectivity index (χ4n) is 1.83. The molecule has 94 valence electrons. The lowest BCUT2D eigenvalue weighted by Gasteiger charge is -2.27. The second-order valence-electron chi connectivity index (χ2n) is 4.17. The number of nitrogens with zero attached hydrogens (tertiary/aromatic N) is 1. The number of thiophene rings is 1. The van der Waals surface area contributed by atoms with Gasteiger partial charge in [0.1, 0.15) is 6.04 Å². The highest BCUT2D eigenvalue weighted by Gasteiger charge is 2.23. The van der Waals surface area contributed by atoms with Crippen LogP contribution in [-0.4, -0.2) is 50.2 Å². The number of carbonyl (C=O) groups is 1. The third-order valence-electron chi connectivity index (χ3n) is 2.87. The molecule has 1 aromatic rings. The maximum absolute atomic E-state index is 12.0. The van der Waals surface area contributed by atoms with Crippen LogP contribution in [0.2, 0.25) is 0 Å². The van der Waals surface area contributed by atoms with Gasteiger partial charge in [0, 0.05) is 25.0 Å². The molecular weight excluding hydrogens is 236 g/mol. The van der Waals surface area contributed by atoms with Crippen molar-refractivity contribution >= 4 is 17.2 Å². The molecule has 5 heteroatoms. The number of hydrogen-bond acceptors (Lipinski definition) is 4. The molecule has 1 saturated heterocycles. The van der Waals surface area contributed by atoms with Crippen LogP contribution in [0.4, 0.5) is 0 Å². The van der Waals surface area contributed by atoms with E-state index in [0.29, 0.717) is 13.2 Å². The first kappa shape index (κ1) is 12.5. The van der Waals surface area contributed by atoms with Crippen LogP contribution >= 0.6 is 11.3 Å². The Morgan fingerprint density at radius 2 is 2.59 bits per heavy atom. The summed E-state index contributed by atoms with van der Waals surface area (Å²) in [6.07, 6.45) is 0.924. The number of morpholine rings is 1. The largest absolute Gasteiger partial charge is 0.378 e. The average molecular weight is 254 g/mol. The van der Waals surface area contributed by atoms with Gasteiger partial charge in [-0.05, 0) is 17.9 Å². The van der Waals surface area contributed by atoms with E-state index in [9.17, 15) is 4.79 Å². The summed E-state index contributed by atoms with van der Waals surface area (Å²) in [6.45, 7) is 2.71. The van der Waals surface area contributed by atoms with Crippen molar-refractivity contribution in [2.24, 2.45) is 0 Å². The van der Waals surface area contributed by atoms with Gasteiger partial charge < -0.3 is 15.0 Å². The monoisotopic (exact) mass is 254 g/mol. The molecule has 1 amide bonds. The maximum atomic E-state index is 12.0. The summed E-state index contributed by atoms with van der Waals surface area (Å²) in [4.78, 5) is 15.1. The molecule has 1 fully saturated rings. The lowest BCUT2D eigenvalue weighted by molar-refractivity contribution is -0.135. The van der Waals surface area contributed by atoms with E-state index in [1.807, 2.05) is 13.1 Å². The van der Waals surface area contributed by atoms with Gasteiger partial charge in [0.15, 0.2) is 0 Å². The quantitative estimate of drug-likeness (QED) is 0.861. The molecular formula is C12H18N2O2S. The fourth-order valence-corrected chi connectivity index (χ4v) is 2.53. The van der Waals surface area contributed by atoms with E-state index in [4.69, 9.17) is 4.74 Å². The Morgan fingerprint density at radius 1 is 1.71 bits per heavy atom. The van der Waals surface area contributed by atoms with Gasteiger partial charge in [-0.2, -0.15) is 0 Å². The molecule has 1 aliphatic rings. The lowest BCUT2D eigenvalue weighted by atomic mass is 10.2. The summed E-state index contributed by atoms with van der Waals surface area (Å²) in [5.74, 6) is 0.126. The van der Waals surface area contributed by atoms with Gasteiger partial charge >= 0.3 is 0 Å². The van der Waals surface area contributed by atoms with Crippen LogP contribution in [0, 0.1) is 0 Å². The Labute approximate surface area is 106 Å². The van der Waals surface area contributed by atoms with Crippen molar-refractivity contribution in [3.8, 4) is 0 Å². The molecule has 0 aromatic carbocycles. The van der Waals surface area contributed by atoms with Crippen molar-refractivity contribution in [1.82, 2.24) is 10.2 Å². The predicted octanol–water partition coefficient (Wildman–Crippen LogP) is 0.737. The van der Waals surface area contributed by atoms with Crippen molar-refractivity contribution in [2.45, 2.75) is 12.5 Å². The predicted molar refractivity (Wildman–Crippen MR) is 68.3 cm³/mol. The van der Waals surface area contributed by atoms with Crippen LogP contribution in [0.1, 0.15) is 4.88 Å². The topological polar surface area (TPSA) is 41.6 Å². The summed E-state index contributed by atoms with van der Waals surface area (Å²) < 4.78 is 5.30. The first-order valence-electron chi connectivity index (χ1n) is 5.86. The summed E-state index contributed by atoms with van der Waals surface area (Å²) >= 11 is 1.73. The molecule has 2 rings (SSSR count). The second-order valence-corrected chi connectivity index (χ2v) is 5.20. The number of rotatable bonds is 4. The molecule has 0 bridgehead atoms. The highest BCUT2D eigenvalue weighted by Crippen LogP contribution is 2.09. The SMILES string of the molecule is CN(CCc1cccs1)C(=O)C1COCCN1. The Balaban J connectivity index is 1.78. The van der Waals surface area contributed by atoms with E-state index in [-0.39, 0.29) is 11.9 Å². The normalized spacial score (nSPS) is 20.2. The molecule has 17 heavy (non-hydrogen) atoms. The summed E-state index contributed by atoms with van der Waals surface area (Å²) in [7, 11) is 1.85. The van der Waals surface area contributed by atoms with Crippen LogP contribution in [-0.2, 0) is 16.0 Å². The molecule has 0 radical (unpaired) electrons. The third-order valence-corrected chi connectivity index (χ3v) is 3.81. The average Bonchev–Trinajstić information content (AvgIpc) is 2.89. The van der Waals surface area contributed by atoms with Gasteiger partial charge in [0.2, 0.25) is 5.91 Å². The second kappa shape index (κ2) is 6.14. The molecule has 0 spiro atoms. The van der Waals surface area contributed by atoms with E-state index in [1.165, 1.54) is 4.88 Å². The van der Waals surface area contributed by atoms with Crippen LogP contribution in [0.3, 0.4) is 0 Å². The number of carbonyl (C=O) groups excluding carboxylic acids is 1. The van der Waals surface area contributed by atoms with Gasteiger partial charge in [-0.25, -0.2) is 0 Å². The van der Waals surface area contributed by atoms with Crippen molar-refractivity contribution in [2.75, 3.05) is 33.4 Å². The van der Waals surface area contributed by atoms with Gasteiger partial charge in [-0.3, -0.25) is 4.79 Å².